The van der Waals surface area contributed by atoms with Gasteiger partial charge in [-0.3, -0.25) is 14.4 Å². The van der Waals surface area contributed by atoms with Crippen LogP contribution in [0.15, 0.2) is 6.07 Å². The highest BCUT2D eigenvalue weighted by atomic mass is 16.8. The molecule has 22 heteroatoms. The van der Waals surface area contributed by atoms with Crippen LogP contribution >= 0.6 is 0 Å². The molecule has 22 nitrogen and oxygen atoms in total. The quantitative estimate of drug-likeness (QED) is 0.0913. The number of phenolic OH excluding ortho intramolecular Hbond substituents is 1. The number of carbonyl (C=O) groups excluding carboxylic acids is 3. The summed E-state index contributed by atoms with van der Waals surface area (Å²) in [6.45, 7) is 13.1. The SMILES string of the molecule is CC(=O)OC(C)(C)CCC(=O)C(C)(O)C1C(O)CC2(C)C3CCc4c(cc(OC5OC(COC6OC(CO)C(OC7OC(C)C(O)C(O)C7O)C(O)C6O)C(O)C(O)C5O)c(O)c4C)C3(C)C(=O)CC12C. The van der Waals surface area contributed by atoms with Crippen molar-refractivity contribution in [2.75, 3.05) is 13.2 Å². The average Bonchev–Trinajstić information content (AvgIpc) is 3.50. The third-order valence-corrected chi connectivity index (χ3v) is 17.3. The molecule has 7 rings (SSSR count). The number of aromatic hydroxyl groups is 1. The number of ether oxygens (including phenoxy) is 7. The fourth-order valence-electron chi connectivity index (χ4n) is 13.1. The van der Waals surface area contributed by atoms with Crippen LogP contribution in [-0.2, 0) is 54.6 Å². The van der Waals surface area contributed by atoms with Gasteiger partial charge in [-0.1, -0.05) is 13.8 Å². The Bertz CT molecular complexity index is 2150. The Balaban J connectivity index is 1.08. The second-order valence-electron chi connectivity index (χ2n) is 22.2. The number of benzene rings is 1. The number of aliphatic hydroxyl groups excluding tert-OH is 10. The minimum absolute atomic E-state index is 0.113. The van der Waals surface area contributed by atoms with Crippen LogP contribution in [0.4, 0.5) is 0 Å². The van der Waals surface area contributed by atoms with Gasteiger partial charge < -0.3 is 94.4 Å². The summed E-state index contributed by atoms with van der Waals surface area (Å²) in [6.07, 6.45) is -25.4. The van der Waals surface area contributed by atoms with Crippen molar-refractivity contribution in [2.24, 2.45) is 22.7 Å². The predicted octanol–water partition coefficient (Wildman–Crippen LogP) is -1.82. The molecule has 0 bridgehead atoms. The maximum absolute atomic E-state index is 15.0. The molecule has 1 aromatic carbocycles. The molecule has 6 aliphatic rings. The molecule has 0 spiro atoms. The van der Waals surface area contributed by atoms with Gasteiger partial charge in [0, 0.05) is 25.7 Å². The number of hydrogen-bond donors (Lipinski definition) is 12. The summed E-state index contributed by atoms with van der Waals surface area (Å²) in [5.41, 5.74) is -4.71. The van der Waals surface area contributed by atoms with Gasteiger partial charge in [0.1, 0.15) is 84.1 Å². The summed E-state index contributed by atoms with van der Waals surface area (Å²) in [5, 5.41) is 132. The molecule has 0 aromatic heterocycles. The monoisotopic (exact) mass is 1010 g/mol. The normalized spacial score (nSPS) is 44.5. The molecule has 3 aliphatic carbocycles. The standard InChI is InChI=1S/C49H74O22/c1-19-22-10-11-28-46(6)15-24(52)41(49(9,64)29(53)12-13-45(4,5)71-21(3)51)47(46,7)16-30(54)48(28,8)23(22)14-25(31(19)55)67-44-38(62)35(59)33(57)27(69-44)18-65-42-39(63)36(60)40(26(17-50)68-42)70-43-37(61)34(58)32(56)20(2)66-43/h14,20,24,26-28,32-44,50,52,55-64H,10-13,15-18H2,1-9H3. The molecule has 71 heavy (non-hydrogen) atoms. The van der Waals surface area contributed by atoms with Crippen molar-refractivity contribution in [1.29, 1.82) is 0 Å². The Morgan fingerprint density at radius 2 is 1.42 bits per heavy atom. The number of ketones is 2. The Morgan fingerprint density at radius 3 is 2.06 bits per heavy atom. The molecule has 22 atom stereocenters. The van der Waals surface area contributed by atoms with E-state index in [4.69, 9.17) is 33.2 Å². The van der Waals surface area contributed by atoms with Crippen molar-refractivity contribution < 1.29 is 109 Å². The first-order valence-electron chi connectivity index (χ1n) is 24.4. The van der Waals surface area contributed by atoms with E-state index in [1.54, 1.807) is 27.7 Å². The fraction of sp³-hybridized carbons (Fsp3) is 0.816. The summed E-state index contributed by atoms with van der Waals surface area (Å²) in [5.74, 6) is -3.43. The summed E-state index contributed by atoms with van der Waals surface area (Å²) in [4.78, 5) is 40.6. The topological polar surface area (TPSA) is 359 Å². The lowest BCUT2D eigenvalue weighted by atomic mass is 9.41. The molecule has 1 aromatic rings. The van der Waals surface area contributed by atoms with Gasteiger partial charge in [0.05, 0.1) is 30.8 Å². The zero-order chi connectivity index (χ0) is 52.8. The van der Waals surface area contributed by atoms with E-state index in [9.17, 15) is 75.7 Å². The molecule has 3 heterocycles. The average molecular weight is 1020 g/mol. The number of Topliss-reactive ketones (excluding diaryl/α,β-unsaturated/α-hetero) is 2. The lowest BCUT2D eigenvalue weighted by molar-refractivity contribution is -0.361. The lowest BCUT2D eigenvalue weighted by Gasteiger charge is -2.61. The molecule has 0 radical (unpaired) electrons. The van der Waals surface area contributed by atoms with E-state index in [0.29, 0.717) is 29.5 Å². The summed E-state index contributed by atoms with van der Waals surface area (Å²) >= 11 is 0. The smallest absolute Gasteiger partial charge is 0.303 e. The third kappa shape index (κ3) is 9.45. The Kier molecular flexibility index (Phi) is 15.6. The molecular formula is C49H74O22. The molecule has 22 unspecified atom stereocenters. The third-order valence-electron chi connectivity index (χ3n) is 17.3. The summed E-state index contributed by atoms with van der Waals surface area (Å²) < 4.78 is 39.8. The number of hydrogen-bond acceptors (Lipinski definition) is 22. The number of phenols is 1. The highest BCUT2D eigenvalue weighted by molar-refractivity contribution is 5.94. The van der Waals surface area contributed by atoms with Gasteiger partial charge in [-0.2, -0.15) is 0 Å². The van der Waals surface area contributed by atoms with E-state index in [-0.39, 0.29) is 43.0 Å². The van der Waals surface area contributed by atoms with Crippen LogP contribution in [0.2, 0.25) is 0 Å². The number of esters is 1. The van der Waals surface area contributed by atoms with Crippen molar-refractivity contribution in [2.45, 2.75) is 216 Å². The van der Waals surface area contributed by atoms with E-state index < -0.39 is 162 Å². The largest absolute Gasteiger partial charge is 0.504 e. The van der Waals surface area contributed by atoms with Crippen LogP contribution in [-0.4, -0.2) is 201 Å². The molecule has 402 valence electrons. The van der Waals surface area contributed by atoms with E-state index >= 15 is 0 Å². The second-order valence-corrected chi connectivity index (χ2v) is 22.2. The van der Waals surface area contributed by atoms with Crippen molar-refractivity contribution >= 4 is 17.5 Å². The van der Waals surface area contributed by atoms with Gasteiger partial charge in [0.2, 0.25) is 6.29 Å². The van der Waals surface area contributed by atoms with Gasteiger partial charge in [-0.05, 0) is 107 Å². The Hall–Kier alpha value is -3.01. The number of rotatable bonds is 14. The minimum atomic E-state index is -2.07. The zero-order valence-corrected chi connectivity index (χ0v) is 41.6. The molecule has 0 amide bonds. The first-order chi connectivity index (χ1) is 32.9. The van der Waals surface area contributed by atoms with Crippen molar-refractivity contribution in [1.82, 2.24) is 0 Å². The molecule has 5 fully saturated rings. The van der Waals surface area contributed by atoms with Gasteiger partial charge in [0.25, 0.3) is 0 Å². The van der Waals surface area contributed by atoms with Gasteiger partial charge >= 0.3 is 5.97 Å². The van der Waals surface area contributed by atoms with Crippen LogP contribution < -0.4 is 4.74 Å². The summed E-state index contributed by atoms with van der Waals surface area (Å²) in [6, 6.07) is 1.47. The summed E-state index contributed by atoms with van der Waals surface area (Å²) in [7, 11) is 0. The first-order valence-corrected chi connectivity index (χ1v) is 24.4. The molecule has 2 saturated carbocycles. The fourth-order valence-corrected chi connectivity index (χ4v) is 13.1. The highest BCUT2D eigenvalue weighted by Crippen LogP contribution is 2.72. The number of fused-ring (bicyclic) bond motifs is 5. The van der Waals surface area contributed by atoms with Crippen LogP contribution in [0.5, 0.6) is 11.5 Å². The number of carbonyl (C=O) groups is 3. The van der Waals surface area contributed by atoms with Gasteiger partial charge in [-0.25, -0.2) is 0 Å². The molecule has 3 aliphatic heterocycles. The second kappa shape index (κ2) is 19.9. The lowest BCUT2D eigenvalue weighted by Crippen LogP contribution is -2.64. The molecular weight excluding hydrogens is 941 g/mol. The van der Waals surface area contributed by atoms with Crippen molar-refractivity contribution in [3.63, 3.8) is 0 Å². The number of aliphatic hydroxyl groups is 11. The van der Waals surface area contributed by atoms with Crippen LogP contribution in [0.3, 0.4) is 0 Å². The van der Waals surface area contributed by atoms with Crippen molar-refractivity contribution in [3.8, 4) is 11.5 Å². The predicted molar refractivity (Wildman–Crippen MR) is 241 cm³/mol. The van der Waals surface area contributed by atoms with E-state index in [1.165, 1.54) is 26.8 Å². The van der Waals surface area contributed by atoms with E-state index in [1.807, 2.05) is 13.8 Å². The first kappa shape index (κ1) is 55.7. The molecule has 3 saturated heterocycles. The maximum atomic E-state index is 15.0. The minimum Gasteiger partial charge on any atom is -0.504 e. The van der Waals surface area contributed by atoms with Gasteiger partial charge in [0.15, 0.2) is 29.9 Å². The Morgan fingerprint density at radius 1 is 0.817 bits per heavy atom. The molecule has 12 N–H and O–H groups in total. The van der Waals surface area contributed by atoms with Gasteiger partial charge in [-0.15, -0.1) is 0 Å². The van der Waals surface area contributed by atoms with Crippen LogP contribution in [0, 0.1) is 29.6 Å². The Labute approximate surface area is 411 Å². The highest BCUT2D eigenvalue weighted by Gasteiger charge is 2.73. The maximum Gasteiger partial charge on any atom is 0.303 e. The van der Waals surface area contributed by atoms with E-state index in [2.05, 4.69) is 0 Å². The van der Waals surface area contributed by atoms with Crippen LogP contribution in [0.1, 0.15) is 104 Å². The zero-order valence-electron chi connectivity index (χ0n) is 41.6. The van der Waals surface area contributed by atoms with E-state index in [0.717, 1.165) is 0 Å². The van der Waals surface area contributed by atoms with Crippen LogP contribution in [0.25, 0.3) is 0 Å². The van der Waals surface area contributed by atoms with Crippen molar-refractivity contribution in [3.05, 3.63) is 22.8 Å².